The third kappa shape index (κ3) is 23.4. The monoisotopic (exact) mass is 1080 g/mol. The number of unbranched alkanes of at least 4 members (excludes halogenated alkanes) is 5. The molecule has 6 amide bonds. The molecule has 3 fully saturated rings. The molecule has 0 unspecified atom stereocenters. The van der Waals surface area contributed by atoms with Crippen molar-refractivity contribution in [3.05, 3.63) is 144 Å². The van der Waals surface area contributed by atoms with Gasteiger partial charge in [0.05, 0.1) is 20.8 Å². The molecule has 426 valence electrons. The van der Waals surface area contributed by atoms with E-state index in [0.29, 0.717) is 88.7 Å². The van der Waals surface area contributed by atoms with Crippen molar-refractivity contribution < 1.29 is 43.0 Å². The fraction of sp³-hybridized carbons (Fsp3) is 0.429. The lowest BCUT2D eigenvalue weighted by atomic mass is 10.1. The number of carbonyl (C=O) groups excluding carboxylic acids is 6. The highest BCUT2D eigenvalue weighted by Gasteiger charge is 2.25. The molecule has 1 N–H and O–H groups in total. The zero-order chi connectivity index (χ0) is 57.5. The van der Waals surface area contributed by atoms with Crippen LogP contribution in [0.25, 0.3) is 18.2 Å². The van der Waals surface area contributed by atoms with Gasteiger partial charge in [0.25, 0.3) is 0 Å². The molecule has 0 saturated carbocycles. The normalized spacial score (nSPS) is 14.7. The van der Waals surface area contributed by atoms with Gasteiger partial charge in [-0.05, 0) is 98.5 Å². The van der Waals surface area contributed by atoms with Crippen molar-refractivity contribution in [2.24, 2.45) is 0 Å². The van der Waals surface area contributed by atoms with Crippen LogP contribution < -0.4 is 19.5 Å². The molecule has 3 aromatic carbocycles. The summed E-state index contributed by atoms with van der Waals surface area (Å²) in [6.07, 6.45) is 17.6. The van der Waals surface area contributed by atoms with Gasteiger partial charge in [-0.15, -0.1) is 0 Å². The van der Waals surface area contributed by atoms with E-state index in [1.165, 1.54) is 38.2 Å². The minimum absolute atomic E-state index is 0.0270. The average molecular weight is 1080 g/mol. The number of hydrogen-bond acceptors (Lipinski definition) is 10. The number of amides is 6. The zero-order valence-electron chi connectivity index (χ0n) is 47.7. The summed E-state index contributed by atoms with van der Waals surface area (Å²) in [7, 11) is 3.24. The fourth-order valence-corrected chi connectivity index (χ4v) is 8.54. The molecule has 0 aromatic heterocycles. The van der Waals surface area contributed by atoms with Gasteiger partial charge in [-0.3, -0.25) is 33.7 Å². The highest BCUT2D eigenvalue weighted by molar-refractivity contribution is 5.95. The number of rotatable bonds is 22. The predicted molar refractivity (Wildman–Crippen MR) is 315 cm³/mol. The number of benzene rings is 3. The maximum Gasteiger partial charge on any atom is 0.249 e. The minimum atomic E-state index is -0.114. The molecule has 79 heavy (non-hydrogen) atoms. The minimum Gasteiger partial charge on any atom is -0.497 e. The maximum atomic E-state index is 12.4. The van der Waals surface area contributed by atoms with Gasteiger partial charge < -0.3 is 44.0 Å². The lowest BCUT2D eigenvalue weighted by molar-refractivity contribution is -0.134. The van der Waals surface area contributed by atoms with Gasteiger partial charge in [-0.25, -0.2) is 0 Å². The van der Waals surface area contributed by atoms with Crippen molar-refractivity contribution in [2.45, 2.75) is 66.2 Å². The van der Waals surface area contributed by atoms with E-state index in [9.17, 15) is 28.8 Å². The van der Waals surface area contributed by atoms with E-state index in [-0.39, 0.29) is 35.4 Å². The Labute approximate surface area is 469 Å². The van der Waals surface area contributed by atoms with Crippen molar-refractivity contribution in [3.63, 3.8) is 0 Å². The highest BCUT2D eigenvalue weighted by atomic mass is 16.5. The summed E-state index contributed by atoms with van der Waals surface area (Å²) in [5, 5.41) is 2.89. The summed E-state index contributed by atoms with van der Waals surface area (Å²) >= 11 is 0. The van der Waals surface area contributed by atoms with Crippen LogP contribution in [0.4, 0.5) is 0 Å². The molecule has 3 aromatic rings. The van der Waals surface area contributed by atoms with E-state index in [4.69, 9.17) is 14.2 Å². The van der Waals surface area contributed by atoms with Gasteiger partial charge in [-0.2, -0.15) is 0 Å². The van der Waals surface area contributed by atoms with Crippen LogP contribution >= 0.6 is 0 Å². The van der Waals surface area contributed by atoms with Crippen molar-refractivity contribution in [2.75, 3.05) is 112 Å². The van der Waals surface area contributed by atoms with E-state index in [1.54, 1.807) is 78.9 Å². The number of methoxy groups -OCH3 is 2. The van der Waals surface area contributed by atoms with Crippen molar-refractivity contribution >= 4 is 53.7 Å². The molecule has 0 bridgehead atoms. The summed E-state index contributed by atoms with van der Waals surface area (Å²) < 4.78 is 16.0. The Bertz CT molecular complexity index is 2550. The predicted octanol–water partition coefficient (Wildman–Crippen LogP) is 8.19. The molecule has 0 radical (unpaired) electrons. The van der Waals surface area contributed by atoms with Crippen molar-refractivity contribution in [1.82, 2.24) is 34.7 Å². The van der Waals surface area contributed by atoms with Gasteiger partial charge in [0.2, 0.25) is 35.4 Å². The van der Waals surface area contributed by atoms with Crippen molar-refractivity contribution in [1.29, 1.82) is 0 Å². The summed E-state index contributed by atoms with van der Waals surface area (Å²) in [5.41, 5.74) is 4.49. The van der Waals surface area contributed by atoms with Crippen LogP contribution in [0.1, 0.15) is 82.9 Å². The first-order valence-corrected chi connectivity index (χ1v) is 27.5. The third-order valence-electron chi connectivity index (χ3n) is 13.4. The standard InChI is InChI=1S/C25H36N2O3.C20H27N3O3.C18H22N2O3/c1-4-5-6-7-8-9-20-30-23-13-10-22(11-14-23)12-15-24(28)26-16-18-27(19-17-26)25(29)21(2)3;1-16(2)20(25)23-14-12-22(13-15-23)11-10-21-19(24)9-6-17-4-7-18(26-3)8-5-17;1-14(2)18(22)20-12-10-19(11-13-20)17(21)9-6-15-4-7-16(23-3)8-5-15/h10-15H,2,4-9,16-20H2,1,3H3;4-9H,1,10-15H2,2-3H3,(H,21,24);4-9H,1,10-13H2,2-3H3/b15-12+;2*9-6+. The highest BCUT2D eigenvalue weighted by Crippen LogP contribution is 2.17. The van der Waals surface area contributed by atoms with E-state index >= 15 is 0 Å². The van der Waals surface area contributed by atoms with E-state index < -0.39 is 0 Å². The van der Waals surface area contributed by atoms with Crippen LogP contribution in [0.2, 0.25) is 0 Å². The molecule has 3 aliphatic rings. The molecule has 0 aliphatic carbocycles. The van der Waals surface area contributed by atoms with Crippen LogP contribution in [0, 0.1) is 0 Å². The lowest BCUT2D eigenvalue weighted by Gasteiger charge is -2.34. The second kappa shape index (κ2) is 34.9. The van der Waals surface area contributed by atoms with E-state index in [2.05, 4.69) is 36.9 Å². The van der Waals surface area contributed by atoms with Crippen LogP contribution in [0.3, 0.4) is 0 Å². The number of ether oxygens (including phenoxy) is 3. The second-order valence-electron chi connectivity index (χ2n) is 19.7. The largest absolute Gasteiger partial charge is 0.497 e. The molecule has 0 atom stereocenters. The number of hydrogen-bond donors (Lipinski definition) is 1. The Balaban J connectivity index is 0.000000258. The van der Waals surface area contributed by atoms with Gasteiger partial charge in [0, 0.05) is 127 Å². The Morgan fingerprint density at radius 1 is 0.468 bits per heavy atom. The van der Waals surface area contributed by atoms with Gasteiger partial charge in [0.1, 0.15) is 17.2 Å². The Morgan fingerprint density at radius 2 is 0.810 bits per heavy atom. The molecule has 6 rings (SSSR count). The number of carbonyl (C=O) groups is 6. The number of nitrogens with zero attached hydrogens (tertiary/aromatic N) is 6. The molecular formula is C63H85N7O9. The van der Waals surface area contributed by atoms with Gasteiger partial charge in [-0.1, -0.05) is 95.2 Å². The first kappa shape index (κ1) is 63.8. The quantitative estimate of drug-likeness (QED) is 0.0768. The molecule has 3 saturated heterocycles. The van der Waals surface area contributed by atoms with E-state index in [1.807, 2.05) is 83.8 Å². The number of nitrogens with one attached hydrogen (secondary N) is 1. The first-order valence-electron chi connectivity index (χ1n) is 27.5. The molecule has 16 nitrogen and oxygen atoms in total. The SMILES string of the molecule is C=C(C)C(=O)N1CCN(C(=O)/C=C/c2ccc(OC)cc2)CC1.C=C(C)C(=O)N1CCN(C(=O)/C=C/c2ccc(OCCCCCCCC)cc2)CC1.C=C(C)C(=O)N1CCN(CCNC(=O)/C=C/c2ccc(OC)cc2)CC1. The Hall–Kier alpha value is -7.72. The molecule has 16 heteroatoms. The van der Waals surface area contributed by atoms with Gasteiger partial charge >= 0.3 is 0 Å². The molecule has 3 heterocycles. The van der Waals surface area contributed by atoms with Gasteiger partial charge in [0.15, 0.2) is 0 Å². The smallest absolute Gasteiger partial charge is 0.249 e. The molecule has 3 aliphatic heterocycles. The van der Waals surface area contributed by atoms with Crippen LogP contribution in [0.15, 0.2) is 127 Å². The third-order valence-corrected chi connectivity index (χ3v) is 13.4. The molecule has 0 spiro atoms. The summed E-state index contributed by atoms with van der Waals surface area (Å²) in [5.74, 6) is 2.22. The first-order chi connectivity index (χ1) is 38.0. The maximum absolute atomic E-state index is 12.4. The number of piperazine rings is 3. The van der Waals surface area contributed by atoms with E-state index in [0.717, 1.165) is 66.6 Å². The lowest BCUT2D eigenvalue weighted by Crippen LogP contribution is -2.50. The van der Waals surface area contributed by atoms with Crippen molar-refractivity contribution in [3.8, 4) is 17.2 Å². The average Bonchev–Trinajstić information content (AvgIpc) is 3.47. The fourth-order valence-electron chi connectivity index (χ4n) is 8.54. The van der Waals surface area contributed by atoms with Crippen LogP contribution in [-0.2, 0) is 28.8 Å². The molecular weight excluding hydrogens is 999 g/mol. The summed E-state index contributed by atoms with van der Waals surface area (Å²) in [6, 6.07) is 22.8. The Morgan fingerprint density at radius 3 is 1.19 bits per heavy atom. The zero-order valence-corrected chi connectivity index (χ0v) is 47.7. The topological polar surface area (TPSA) is 162 Å². The van der Waals surface area contributed by atoms with Crippen LogP contribution in [0.5, 0.6) is 17.2 Å². The summed E-state index contributed by atoms with van der Waals surface area (Å²) in [4.78, 5) is 83.2. The Kier molecular flexibility index (Phi) is 28.2. The van der Waals surface area contributed by atoms with Crippen LogP contribution in [-0.4, -0.2) is 177 Å². The summed E-state index contributed by atoms with van der Waals surface area (Å²) in [6.45, 7) is 28.0. The second-order valence-corrected chi connectivity index (χ2v) is 19.7.